The number of hydrogen-bond acceptors (Lipinski definition) is 4. The van der Waals surface area contributed by atoms with Crippen molar-refractivity contribution in [3.63, 3.8) is 0 Å². The molecule has 4 nitrogen and oxygen atoms in total. The number of fused-ring (bicyclic) bond motifs is 2. The van der Waals surface area contributed by atoms with Gasteiger partial charge in [0, 0.05) is 5.41 Å². The van der Waals surface area contributed by atoms with Gasteiger partial charge < -0.3 is 9.47 Å². The van der Waals surface area contributed by atoms with Gasteiger partial charge in [0.25, 0.3) is 0 Å². The predicted octanol–water partition coefficient (Wildman–Crippen LogP) is 5.62. The summed E-state index contributed by atoms with van der Waals surface area (Å²) in [5, 5.41) is 0. The third-order valence-electron chi connectivity index (χ3n) is 7.48. The second-order valence-corrected chi connectivity index (χ2v) is 9.84. The number of rotatable bonds is 10. The lowest BCUT2D eigenvalue weighted by Gasteiger charge is -2.38. The molecule has 0 radical (unpaired) electrons. The van der Waals surface area contributed by atoms with Crippen molar-refractivity contribution in [3.05, 3.63) is 24.3 Å². The summed E-state index contributed by atoms with van der Waals surface area (Å²) in [4.78, 5) is 24.7. The third-order valence-corrected chi connectivity index (χ3v) is 7.48. The number of carbonyl (C=O) groups excluding carboxylic acids is 2. The molecule has 0 aromatic heterocycles. The van der Waals surface area contributed by atoms with Gasteiger partial charge in [0.1, 0.15) is 6.10 Å². The van der Waals surface area contributed by atoms with E-state index in [-0.39, 0.29) is 28.1 Å². The van der Waals surface area contributed by atoms with Gasteiger partial charge in [-0.1, -0.05) is 67.0 Å². The summed E-state index contributed by atoms with van der Waals surface area (Å²) >= 11 is 0. The molecule has 0 heterocycles. The molecular formula is C24H38O4. The van der Waals surface area contributed by atoms with E-state index in [1.807, 2.05) is 0 Å². The number of unbranched alkanes of at least 4 members (excludes halogenated alkanes) is 2. The maximum Gasteiger partial charge on any atom is 0.338 e. The van der Waals surface area contributed by atoms with Crippen LogP contribution in [0.2, 0.25) is 0 Å². The quantitative estimate of drug-likeness (QED) is 0.210. The molecule has 0 amide bonds. The third kappa shape index (κ3) is 4.52. The van der Waals surface area contributed by atoms with Crippen LogP contribution >= 0.6 is 0 Å². The zero-order chi connectivity index (χ0) is 21.1. The SMILES string of the molecule is C=C(C(=C)C(=O)OC1CC2CCC1(C)C2(C)C)C(=O)OCCCCCC(C)C. The van der Waals surface area contributed by atoms with Crippen molar-refractivity contribution in [2.24, 2.45) is 22.7 Å². The minimum atomic E-state index is -0.578. The Bertz CT molecular complexity index is 631. The first-order chi connectivity index (χ1) is 13.0. The summed E-state index contributed by atoms with van der Waals surface area (Å²) in [6.45, 7) is 18.9. The fourth-order valence-electron chi connectivity index (χ4n) is 4.84. The maximum atomic E-state index is 12.6. The Hall–Kier alpha value is -1.58. The molecule has 4 heteroatoms. The molecule has 3 unspecified atom stereocenters. The predicted molar refractivity (Wildman–Crippen MR) is 112 cm³/mol. The van der Waals surface area contributed by atoms with Gasteiger partial charge in [-0.05, 0) is 42.9 Å². The Morgan fingerprint density at radius 1 is 1.04 bits per heavy atom. The maximum absolute atomic E-state index is 12.6. The van der Waals surface area contributed by atoms with E-state index in [1.54, 1.807) is 0 Å². The average molecular weight is 391 g/mol. The Labute approximate surface area is 170 Å². The van der Waals surface area contributed by atoms with Crippen LogP contribution in [0.1, 0.15) is 79.6 Å². The van der Waals surface area contributed by atoms with Crippen molar-refractivity contribution in [3.8, 4) is 0 Å². The highest BCUT2D eigenvalue weighted by molar-refractivity contribution is 6.06. The van der Waals surface area contributed by atoms with Crippen LogP contribution < -0.4 is 0 Å². The van der Waals surface area contributed by atoms with Gasteiger partial charge in [-0.3, -0.25) is 0 Å². The average Bonchev–Trinajstić information content (AvgIpc) is 2.96. The van der Waals surface area contributed by atoms with Gasteiger partial charge in [0.15, 0.2) is 0 Å². The van der Waals surface area contributed by atoms with Gasteiger partial charge in [-0.15, -0.1) is 0 Å². The first-order valence-corrected chi connectivity index (χ1v) is 10.8. The van der Waals surface area contributed by atoms with Crippen LogP contribution in [0.3, 0.4) is 0 Å². The summed E-state index contributed by atoms with van der Waals surface area (Å²) < 4.78 is 11.0. The van der Waals surface area contributed by atoms with E-state index in [2.05, 4.69) is 47.8 Å². The van der Waals surface area contributed by atoms with Crippen molar-refractivity contribution >= 4 is 11.9 Å². The van der Waals surface area contributed by atoms with Crippen LogP contribution in [-0.2, 0) is 19.1 Å². The van der Waals surface area contributed by atoms with Crippen LogP contribution in [-0.4, -0.2) is 24.6 Å². The molecular weight excluding hydrogens is 352 g/mol. The smallest absolute Gasteiger partial charge is 0.338 e. The molecule has 28 heavy (non-hydrogen) atoms. The Morgan fingerprint density at radius 3 is 2.21 bits per heavy atom. The summed E-state index contributed by atoms with van der Waals surface area (Å²) in [7, 11) is 0. The minimum absolute atomic E-state index is 0.000231. The van der Waals surface area contributed by atoms with Crippen LogP contribution in [0.25, 0.3) is 0 Å². The van der Waals surface area contributed by atoms with Crippen LogP contribution in [0, 0.1) is 22.7 Å². The van der Waals surface area contributed by atoms with Crippen molar-refractivity contribution in [2.45, 2.75) is 85.7 Å². The first-order valence-electron chi connectivity index (χ1n) is 10.8. The fourth-order valence-corrected chi connectivity index (χ4v) is 4.84. The van der Waals surface area contributed by atoms with Gasteiger partial charge in [0.05, 0.1) is 17.8 Å². The molecule has 3 atom stereocenters. The van der Waals surface area contributed by atoms with Crippen LogP contribution in [0.5, 0.6) is 0 Å². The minimum Gasteiger partial charge on any atom is -0.462 e. The van der Waals surface area contributed by atoms with Crippen molar-refractivity contribution in [1.29, 1.82) is 0 Å². The van der Waals surface area contributed by atoms with Crippen LogP contribution in [0.15, 0.2) is 24.3 Å². The standard InChI is InChI=1S/C24H38O4/c1-16(2)11-9-8-10-14-27-21(25)17(3)18(4)22(26)28-20-15-19-12-13-24(20,7)23(19,5)6/h16,19-20H,3-4,8-15H2,1-2,5-7H3. The Morgan fingerprint density at radius 2 is 1.68 bits per heavy atom. The van der Waals surface area contributed by atoms with Gasteiger partial charge >= 0.3 is 11.9 Å². The van der Waals surface area contributed by atoms with Gasteiger partial charge in [0.2, 0.25) is 0 Å². The lowest BCUT2D eigenvalue weighted by molar-refractivity contribution is -0.152. The topological polar surface area (TPSA) is 52.6 Å². The first kappa shape index (κ1) is 22.7. The molecule has 0 spiro atoms. The van der Waals surface area contributed by atoms with E-state index < -0.39 is 11.9 Å². The molecule has 0 saturated heterocycles. The van der Waals surface area contributed by atoms with E-state index in [0.717, 1.165) is 32.1 Å². The molecule has 0 N–H and O–H groups in total. The van der Waals surface area contributed by atoms with E-state index in [9.17, 15) is 9.59 Å². The van der Waals surface area contributed by atoms with Gasteiger partial charge in [-0.25, -0.2) is 9.59 Å². The van der Waals surface area contributed by atoms with Gasteiger partial charge in [-0.2, -0.15) is 0 Å². The van der Waals surface area contributed by atoms with Crippen LogP contribution in [0.4, 0.5) is 0 Å². The Balaban J connectivity index is 1.77. The Kier molecular flexibility index (Phi) is 7.17. The molecule has 2 fully saturated rings. The monoisotopic (exact) mass is 390 g/mol. The largest absolute Gasteiger partial charge is 0.462 e. The highest BCUT2D eigenvalue weighted by atomic mass is 16.5. The molecule has 0 aliphatic heterocycles. The zero-order valence-electron chi connectivity index (χ0n) is 18.4. The lowest BCUT2D eigenvalue weighted by Crippen LogP contribution is -2.38. The summed E-state index contributed by atoms with van der Waals surface area (Å²) in [6, 6.07) is 0. The lowest BCUT2D eigenvalue weighted by atomic mass is 9.70. The van der Waals surface area contributed by atoms with E-state index in [1.165, 1.54) is 12.8 Å². The molecule has 2 saturated carbocycles. The number of esters is 2. The molecule has 2 aliphatic rings. The number of ether oxygens (including phenoxy) is 2. The molecule has 0 aromatic carbocycles. The highest BCUT2D eigenvalue weighted by Crippen LogP contribution is 2.66. The summed E-state index contributed by atoms with van der Waals surface area (Å²) in [5.74, 6) is 0.144. The highest BCUT2D eigenvalue weighted by Gasteiger charge is 2.62. The van der Waals surface area contributed by atoms with Crippen molar-refractivity contribution in [2.75, 3.05) is 6.61 Å². The van der Waals surface area contributed by atoms with E-state index in [4.69, 9.17) is 9.47 Å². The molecule has 2 rings (SSSR count). The molecule has 0 aromatic rings. The fraction of sp³-hybridized carbons (Fsp3) is 0.750. The van der Waals surface area contributed by atoms with E-state index >= 15 is 0 Å². The molecule has 2 aliphatic carbocycles. The second kappa shape index (κ2) is 8.84. The summed E-state index contributed by atoms with van der Waals surface area (Å²) in [5.41, 5.74) is 0.143. The summed E-state index contributed by atoms with van der Waals surface area (Å²) in [6.07, 6.45) is 7.17. The molecule has 158 valence electrons. The number of carbonyl (C=O) groups is 2. The molecule has 2 bridgehead atoms. The van der Waals surface area contributed by atoms with Crippen molar-refractivity contribution in [1.82, 2.24) is 0 Å². The van der Waals surface area contributed by atoms with E-state index in [0.29, 0.717) is 18.4 Å². The normalized spacial score (nSPS) is 27.6. The zero-order valence-corrected chi connectivity index (χ0v) is 18.4. The number of hydrogen-bond donors (Lipinski definition) is 0. The second-order valence-electron chi connectivity index (χ2n) is 9.84. The van der Waals surface area contributed by atoms with Crippen molar-refractivity contribution < 1.29 is 19.1 Å².